The van der Waals surface area contributed by atoms with Crippen molar-refractivity contribution in [3.63, 3.8) is 0 Å². The van der Waals surface area contributed by atoms with Gasteiger partial charge in [0, 0.05) is 13.1 Å². The van der Waals surface area contributed by atoms with Crippen molar-refractivity contribution < 1.29 is 27.1 Å². The van der Waals surface area contributed by atoms with E-state index < -0.39 is 34.3 Å². The normalized spacial score (nSPS) is 11.9. The van der Waals surface area contributed by atoms with E-state index in [-0.39, 0.29) is 23.0 Å². The topological polar surface area (TPSA) is 96.0 Å². The third kappa shape index (κ3) is 7.59. The average Bonchev–Trinajstić information content (AvgIpc) is 2.94. The van der Waals surface area contributed by atoms with E-state index in [1.54, 1.807) is 6.92 Å². The number of hydrogen-bond acceptors (Lipinski definition) is 5. The molecule has 1 N–H and O–H groups in total. The Balaban J connectivity index is 2.01. The van der Waals surface area contributed by atoms with Crippen molar-refractivity contribution >= 4 is 27.5 Å². The van der Waals surface area contributed by atoms with Gasteiger partial charge in [-0.1, -0.05) is 31.2 Å². The smallest absolute Gasteiger partial charge is 0.264 e. The van der Waals surface area contributed by atoms with Crippen molar-refractivity contribution in [2.45, 2.75) is 51.6 Å². The van der Waals surface area contributed by atoms with Crippen molar-refractivity contribution in [1.29, 1.82) is 0 Å². The van der Waals surface area contributed by atoms with Crippen LogP contribution in [-0.2, 0) is 26.2 Å². The molecule has 0 bridgehead atoms. The van der Waals surface area contributed by atoms with Crippen LogP contribution in [0.1, 0.15) is 38.3 Å². The Morgan fingerprint density at radius 3 is 2.23 bits per heavy atom. The largest absolute Gasteiger partial charge is 0.494 e. The minimum Gasteiger partial charge on any atom is -0.494 e. The number of carbonyl (C=O) groups excluding carboxylic acids is 2. The summed E-state index contributed by atoms with van der Waals surface area (Å²) >= 11 is 0. The number of anilines is 1. The third-order valence-electron chi connectivity index (χ3n) is 6.43. The predicted octanol–water partition coefficient (Wildman–Crippen LogP) is 4.67. The first-order valence-electron chi connectivity index (χ1n) is 13.2. The summed E-state index contributed by atoms with van der Waals surface area (Å²) in [7, 11) is -4.26. The maximum Gasteiger partial charge on any atom is 0.264 e. The van der Waals surface area contributed by atoms with E-state index in [2.05, 4.69) is 5.32 Å². The Morgan fingerprint density at radius 1 is 0.975 bits per heavy atom. The number of nitrogens with zero attached hydrogens (tertiary/aromatic N) is 2. The summed E-state index contributed by atoms with van der Waals surface area (Å²) < 4.78 is 47.8. The number of rotatable bonds is 13. The molecule has 3 rings (SSSR count). The molecule has 0 fully saturated rings. The van der Waals surface area contributed by atoms with Crippen LogP contribution < -0.4 is 14.4 Å². The van der Waals surface area contributed by atoms with Gasteiger partial charge >= 0.3 is 0 Å². The highest BCUT2D eigenvalue weighted by Gasteiger charge is 2.32. The number of halogens is 1. The van der Waals surface area contributed by atoms with Gasteiger partial charge in [-0.05, 0) is 86.8 Å². The molecule has 0 radical (unpaired) electrons. The van der Waals surface area contributed by atoms with Crippen LogP contribution in [0.15, 0.2) is 77.7 Å². The van der Waals surface area contributed by atoms with Gasteiger partial charge in [0.1, 0.15) is 24.2 Å². The molecule has 0 aliphatic heterocycles. The summed E-state index contributed by atoms with van der Waals surface area (Å²) in [5.74, 6) is -0.967. The number of nitrogens with one attached hydrogen (secondary N) is 1. The number of amides is 2. The van der Waals surface area contributed by atoms with E-state index in [0.29, 0.717) is 18.9 Å². The van der Waals surface area contributed by atoms with Gasteiger partial charge < -0.3 is 15.0 Å². The van der Waals surface area contributed by atoms with Crippen LogP contribution in [0.5, 0.6) is 5.75 Å². The summed E-state index contributed by atoms with van der Waals surface area (Å²) in [6.07, 6.45) is 0.725. The minimum atomic E-state index is -4.26. The molecule has 1 atom stereocenters. The van der Waals surface area contributed by atoms with E-state index in [0.717, 1.165) is 34.0 Å². The second kappa shape index (κ2) is 13.9. The quantitative estimate of drug-likeness (QED) is 0.323. The SMILES string of the molecule is CCCNC(=O)[C@H](C)N(Cc1ccccc1C)C(=O)CN(c1ccc(F)cc1)S(=O)(=O)c1ccc(OCC)cc1. The summed E-state index contributed by atoms with van der Waals surface area (Å²) in [6, 6.07) is 17.3. The third-order valence-corrected chi connectivity index (χ3v) is 8.22. The van der Waals surface area contributed by atoms with Crippen molar-refractivity contribution in [2.24, 2.45) is 0 Å². The van der Waals surface area contributed by atoms with Gasteiger partial charge in [0.2, 0.25) is 11.8 Å². The molecule has 2 amide bonds. The van der Waals surface area contributed by atoms with Crippen LogP contribution in [-0.4, -0.2) is 50.9 Å². The number of ether oxygens (including phenoxy) is 1. The van der Waals surface area contributed by atoms with Gasteiger partial charge in [0.15, 0.2) is 0 Å². The molecule has 0 saturated carbocycles. The highest BCUT2D eigenvalue weighted by atomic mass is 32.2. The molecule has 214 valence electrons. The van der Waals surface area contributed by atoms with Crippen LogP contribution in [0.2, 0.25) is 0 Å². The molecule has 0 saturated heterocycles. The Kier molecular flexibility index (Phi) is 10.7. The van der Waals surface area contributed by atoms with Gasteiger partial charge in [0.25, 0.3) is 10.0 Å². The first-order valence-corrected chi connectivity index (χ1v) is 14.6. The van der Waals surface area contributed by atoms with Gasteiger partial charge in [-0.25, -0.2) is 12.8 Å². The highest BCUT2D eigenvalue weighted by Crippen LogP contribution is 2.26. The lowest BCUT2D eigenvalue weighted by Crippen LogP contribution is -2.51. The van der Waals surface area contributed by atoms with Crippen LogP contribution >= 0.6 is 0 Å². The Morgan fingerprint density at radius 2 is 1.62 bits per heavy atom. The lowest BCUT2D eigenvalue weighted by molar-refractivity contribution is -0.139. The van der Waals surface area contributed by atoms with Crippen molar-refractivity contribution in [3.8, 4) is 5.75 Å². The van der Waals surface area contributed by atoms with Crippen LogP contribution in [0.3, 0.4) is 0 Å². The molecular weight excluding hydrogens is 533 g/mol. The van der Waals surface area contributed by atoms with E-state index in [4.69, 9.17) is 4.74 Å². The fourth-order valence-corrected chi connectivity index (χ4v) is 5.50. The van der Waals surface area contributed by atoms with Gasteiger partial charge in [-0.15, -0.1) is 0 Å². The summed E-state index contributed by atoms with van der Waals surface area (Å²) in [5, 5.41) is 2.81. The van der Waals surface area contributed by atoms with Crippen LogP contribution in [0.25, 0.3) is 0 Å². The Labute approximate surface area is 235 Å². The second-order valence-corrected chi connectivity index (χ2v) is 11.2. The summed E-state index contributed by atoms with van der Waals surface area (Å²) in [4.78, 5) is 28.1. The monoisotopic (exact) mass is 569 g/mol. The lowest BCUT2D eigenvalue weighted by atomic mass is 10.1. The molecular formula is C30H36FN3O5S. The molecule has 0 unspecified atom stereocenters. The maximum atomic E-state index is 13.9. The molecule has 40 heavy (non-hydrogen) atoms. The zero-order chi connectivity index (χ0) is 29.3. The highest BCUT2D eigenvalue weighted by molar-refractivity contribution is 7.92. The zero-order valence-electron chi connectivity index (χ0n) is 23.3. The first-order chi connectivity index (χ1) is 19.1. The van der Waals surface area contributed by atoms with E-state index in [9.17, 15) is 22.4 Å². The van der Waals surface area contributed by atoms with Crippen molar-refractivity contribution in [3.05, 3.63) is 89.7 Å². The Hall–Kier alpha value is -3.92. The minimum absolute atomic E-state index is 0.0627. The van der Waals surface area contributed by atoms with Gasteiger partial charge in [-0.2, -0.15) is 0 Å². The molecule has 0 aliphatic rings. The zero-order valence-corrected chi connectivity index (χ0v) is 24.1. The molecule has 10 heteroatoms. The molecule has 0 aliphatic carbocycles. The number of hydrogen-bond donors (Lipinski definition) is 1. The average molecular weight is 570 g/mol. The number of benzene rings is 3. The van der Waals surface area contributed by atoms with E-state index >= 15 is 0 Å². The molecule has 0 spiro atoms. The number of carbonyl (C=O) groups is 2. The van der Waals surface area contributed by atoms with E-state index in [1.807, 2.05) is 45.0 Å². The Bertz CT molecular complexity index is 1400. The number of aryl methyl sites for hydroxylation is 1. The predicted molar refractivity (Wildman–Crippen MR) is 153 cm³/mol. The molecule has 0 aromatic heterocycles. The standard InChI is InChI=1S/C30H36FN3O5S/c1-5-19-32-30(36)23(4)33(20-24-10-8-7-9-22(24)3)29(35)21-34(26-13-11-25(31)12-14-26)40(37,38)28-17-15-27(16-18-28)39-6-2/h7-18,23H,5-6,19-21H2,1-4H3,(H,32,36)/t23-/m0/s1. The second-order valence-electron chi connectivity index (χ2n) is 9.31. The molecule has 3 aromatic carbocycles. The van der Waals surface area contributed by atoms with Crippen LogP contribution in [0.4, 0.5) is 10.1 Å². The van der Waals surface area contributed by atoms with E-state index in [1.165, 1.54) is 41.3 Å². The summed E-state index contributed by atoms with van der Waals surface area (Å²) in [6.45, 7) is 7.63. The van der Waals surface area contributed by atoms with Crippen molar-refractivity contribution in [1.82, 2.24) is 10.2 Å². The fraction of sp³-hybridized carbons (Fsp3) is 0.333. The fourth-order valence-electron chi connectivity index (χ4n) is 4.09. The summed E-state index contributed by atoms with van der Waals surface area (Å²) in [5.41, 5.74) is 1.87. The number of sulfonamides is 1. The first kappa shape index (κ1) is 30.6. The van der Waals surface area contributed by atoms with Crippen molar-refractivity contribution in [2.75, 3.05) is 24.0 Å². The molecule has 0 heterocycles. The molecule has 8 nitrogen and oxygen atoms in total. The van der Waals surface area contributed by atoms with Crippen LogP contribution in [0, 0.1) is 12.7 Å². The molecule has 3 aromatic rings. The van der Waals surface area contributed by atoms with Gasteiger partial charge in [0.05, 0.1) is 17.2 Å². The lowest BCUT2D eigenvalue weighted by Gasteiger charge is -2.32. The maximum absolute atomic E-state index is 13.9. The van der Waals surface area contributed by atoms with Gasteiger partial charge in [-0.3, -0.25) is 13.9 Å².